The molecule has 3 N–H and O–H groups in total. The first kappa shape index (κ1) is 16.1. The number of halogens is 3. The molecule has 1 rings (SSSR count). The lowest BCUT2D eigenvalue weighted by Crippen LogP contribution is -2.25. The zero-order chi connectivity index (χ0) is 13.8. The maximum absolute atomic E-state index is 12.4. The maximum atomic E-state index is 12.4. The molecule has 0 heterocycles. The number of nitrogen functional groups attached to an aromatic ring is 1. The van der Waals surface area contributed by atoms with Crippen LogP contribution < -0.4 is 5.73 Å². The van der Waals surface area contributed by atoms with Crippen LogP contribution in [0.4, 0.5) is 14.5 Å². The summed E-state index contributed by atoms with van der Waals surface area (Å²) in [5, 5.41) is 9.10. The first-order valence-corrected chi connectivity index (χ1v) is 5.56. The molecule has 0 aliphatic carbocycles. The van der Waals surface area contributed by atoms with E-state index < -0.39 is 22.9 Å². The minimum Gasteiger partial charge on any atom is -0.394 e. The van der Waals surface area contributed by atoms with Gasteiger partial charge in [-0.25, -0.2) is 8.78 Å². The van der Waals surface area contributed by atoms with Gasteiger partial charge in [-0.2, -0.15) is 0 Å². The Balaban J connectivity index is 0.000000325. The average Bonchev–Trinajstić information content (AvgIpc) is 2.13. The van der Waals surface area contributed by atoms with Crippen LogP contribution in [0.3, 0.4) is 0 Å². The zero-order valence-corrected chi connectivity index (χ0v) is 11.1. The number of hydrogen-bond acceptors (Lipinski definition) is 2. The minimum absolute atomic E-state index is 0.00389. The van der Waals surface area contributed by atoms with Crippen LogP contribution in [0, 0.1) is 17.6 Å². The Labute approximate surface area is 105 Å². The maximum Gasteiger partial charge on any atom is 0.150 e. The molecule has 5 heteroatoms. The standard InChI is InChI=1S/C6H4ClF2N.C6H14O/c7-3-1-4(8)6(10)5(9)2-3;1-5(2)6(3,4)7/h1-2H,10H2;5,7H,1-4H3. The number of aliphatic hydroxyl groups is 1. The molecular formula is C12H18ClF2NO. The molecule has 17 heavy (non-hydrogen) atoms. The second kappa shape index (κ2) is 6.17. The van der Waals surface area contributed by atoms with Gasteiger partial charge in [0.15, 0.2) is 11.6 Å². The lowest BCUT2D eigenvalue weighted by Gasteiger charge is -2.21. The smallest absolute Gasteiger partial charge is 0.150 e. The van der Waals surface area contributed by atoms with E-state index in [0.717, 1.165) is 12.1 Å². The van der Waals surface area contributed by atoms with Crippen LogP contribution in [-0.4, -0.2) is 10.7 Å². The summed E-state index contributed by atoms with van der Waals surface area (Å²) in [6.45, 7) is 7.63. The normalized spacial score (nSPS) is 11.1. The third-order valence-electron chi connectivity index (χ3n) is 2.46. The van der Waals surface area contributed by atoms with Gasteiger partial charge in [0, 0.05) is 5.02 Å². The molecule has 0 radical (unpaired) electrons. The Morgan fingerprint density at radius 1 is 1.24 bits per heavy atom. The van der Waals surface area contributed by atoms with Crippen molar-refractivity contribution in [1.29, 1.82) is 0 Å². The van der Waals surface area contributed by atoms with Gasteiger partial charge in [-0.15, -0.1) is 0 Å². The van der Waals surface area contributed by atoms with E-state index in [1.807, 2.05) is 27.7 Å². The quantitative estimate of drug-likeness (QED) is 0.762. The Morgan fingerprint density at radius 2 is 1.53 bits per heavy atom. The molecule has 0 bridgehead atoms. The third-order valence-corrected chi connectivity index (χ3v) is 2.67. The molecule has 0 unspecified atom stereocenters. The number of benzene rings is 1. The molecule has 0 aliphatic rings. The van der Waals surface area contributed by atoms with Crippen molar-refractivity contribution < 1.29 is 13.9 Å². The van der Waals surface area contributed by atoms with Crippen LogP contribution in [0.5, 0.6) is 0 Å². The van der Waals surface area contributed by atoms with Crippen molar-refractivity contribution in [2.24, 2.45) is 5.92 Å². The molecular weight excluding hydrogens is 248 g/mol. The average molecular weight is 266 g/mol. The van der Waals surface area contributed by atoms with E-state index in [2.05, 4.69) is 0 Å². The van der Waals surface area contributed by atoms with Gasteiger partial charge >= 0.3 is 0 Å². The highest BCUT2D eigenvalue weighted by atomic mass is 35.5. The topological polar surface area (TPSA) is 46.2 Å². The molecule has 0 atom stereocenters. The fraction of sp³-hybridized carbons (Fsp3) is 0.500. The summed E-state index contributed by atoms with van der Waals surface area (Å²) in [7, 11) is 0. The van der Waals surface area contributed by atoms with Crippen molar-refractivity contribution in [1.82, 2.24) is 0 Å². The monoisotopic (exact) mass is 265 g/mol. The van der Waals surface area contributed by atoms with Crippen LogP contribution in [0.1, 0.15) is 27.7 Å². The molecule has 0 saturated carbocycles. The van der Waals surface area contributed by atoms with E-state index in [9.17, 15) is 8.78 Å². The molecule has 0 saturated heterocycles. The number of rotatable bonds is 1. The molecule has 0 aliphatic heterocycles. The minimum atomic E-state index is -0.829. The van der Waals surface area contributed by atoms with E-state index in [1.54, 1.807) is 0 Å². The molecule has 1 aromatic rings. The Kier molecular flexibility index (Phi) is 5.85. The van der Waals surface area contributed by atoms with Gasteiger partial charge in [-0.3, -0.25) is 0 Å². The van der Waals surface area contributed by atoms with E-state index >= 15 is 0 Å². The van der Waals surface area contributed by atoms with Crippen molar-refractivity contribution in [3.8, 4) is 0 Å². The van der Waals surface area contributed by atoms with Gasteiger partial charge in [0.05, 0.1) is 5.60 Å². The zero-order valence-electron chi connectivity index (χ0n) is 10.4. The highest BCUT2D eigenvalue weighted by molar-refractivity contribution is 6.30. The first-order valence-electron chi connectivity index (χ1n) is 5.18. The van der Waals surface area contributed by atoms with Crippen molar-refractivity contribution in [2.75, 3.05) is 5.73 Å². The molecule has 2 nitrogen and oxygen atoms in total. The van der Waals surface area contributed by atoms with Gasteiger partial charge < -0.3 is 10.8 Å². The number of anilines is 1. The van der Waals surface area contributed by atoms with Crippen LogP contribution in [-0.2, 0) is 0 Å². The molecule has 0 fully saturated rings. The van der Waals surface area contributed by atoms with Gasteiger partial charge in [-0.05, 0) is 31.9 Å². The lowest BCUT2D eigenvalue weighted by molar-refractivity contribution is 0.0327. The second-order valence-electron chi connectivity index (χ2n) is 4.59. The lowest BCUT2D eigenvalue weighted by atomic mass is 9.95. The SMILES string of the molecule is CC(C)C(C)(C)O.Nc1c(F)cc(Cl)cc1F. The van der Waals surface area contributed by atoms with Crippen molar-refractivity contribution >= 4 is 17.3 Å². The Hall–Kier alpha value is -0.870. The highest BCUT2D eigenvalue weighted by Crippen LogP contribution is 2.19. The summed E-state index contributed by atoms with van der Waals surface area (Å²) in [4.78, 5) is 0. The van der Waals surface area contributed by atoms with E-state index in [4.69, 9.17) is 22.4 Å². The van der Waals surface area contributed by atoms with E-state index in [-0.39, 0.29) is 5.02 Å². The van der Waals surface area contributed by atoms with Gasteiger partial charge in [0.25, 0.3) is 0 Å². The molecule has 98 valence electrons. The predicted molar refractivity (Wildman–Crippen MR) is 66.9 cm³/mol. The second-order valence-corrected chi connectivity index (χ2v) is 5.03. The van der Waals surface area contributed by atoms with Crippen LogP contribution >= 0.6 is 11.6 Å². The summed E-state index contributed by atoms with van der Waals surface area (Å²) >= 11 is 5.29. The molecule has 1 aromatic carbocycles. The summed E-state index contributed by atoms with van der Waals surface area (Å²) in [6.07, 6.45) is 0. The summed E-state index contributed by atoms with van der Waals surface area (Å²) in [5.74, 6) is -1.30. The molecule has 0 amide bonds. The molecule has 0 spiro atoms. The van der Waals surface area contributed by atoms with Gasteiger partial charge in [0.2, 0.25) is 0 Å². The van der Waals surface area contributed by atoms with Crippen molar-refractivity contribution in [3.05, 3.63) is 28.8 Å². The van der Waals surface area contributed by atoms with Gasteiger partial charge in [-0.1, -0.05) is 25.4 Å². The summed E-state index contributed by atoms with van der Waals surface area (Å²) in [5.41, 5.74) is 3.95. The van der Waals surface area contributed by atoms with E-state index in [0.29, 0.717) is 5.92 Å². The summed E-state index contributed by atoms with van der Waals surface area (Å²) < 4.78 is 24.8. The van der Waals surface area contributed by atoms with Crippen LogP contribution in [0.15, 0.2) is 12.1 Å². The van der Waals surface area contributed by atoms with Crippen LogP contribution in [0.2, 0.25) is 5.02 Å². The first-order chi connectivity index (χ1) is 7.55. The Bertz CT molecular complexity index is 352. The fourth-order valence-corrected chi connectivity index (χ4v) is 0.745. The van der Waals surface area contributed by atoms with Crippen molar-refractivity contribution in [2.45, 2.75) is 33.3 Å². The summed E-state index contributed by atoms with van der Waals surface area (Å²) in [6, 6.07) is 1.92. The van der Waals surface area contributed by atoms with Gasteiger partial charge in [0.1, 0.15) is 5.69 Å². The third kappa shape index (κ3) is 5.84. The molecule has 0 aromatic heterocycles. The number of nitrogens with two attached hydrogens (primary N) is 1. The van der Waals surface area contributed by atoms with Crippen LogP contribution in [0.25, 0.3) is 0 Å². The Morgan fingerprint density at radius 3 is 1.76 bits per heavy atom. The van der Waals surface area contributed by atoms with E-state index in [1.165, 1.54) is 0 Å². The highest BCUT2D eigenvalue weighted by Gasteiger charge is 2.16. The largest absolute Gasteiger partial charge is 0.394 e. The van der Waals surface area contributed by atoms with Crippen molar-refractivity contribution in [3.63, 3.8) is 0 Å². The number of hydrogen-bond donors (Lipinski definition) is 2. The predicted octanol–water partition coefficient (Wildman–Crippen LogP) is 3.61. The fourth-order valence-electron chi connectivity index (χ4n) is 0.553.